The van der Waals surface area contributed by atoms with Crippen molar-refractivity contribution in [3.8, 4) is 38.1 Å². The van der Waals surface area contributed by atoms with Crippen LogP contribution in [0.15, 0.2) is 80.7 Å². The summed E-state index contributed by atoms with van der Waals surface area (Å²) in [6.45, 7) is 12.1. The van der Waals surface area contributed by atoms with Crippen LogP contribution < -0.4 is 25.4 Å². The van der Waals surface area contributed by atoms with Gasteiger partial charge in [-0.1, -0.05) is 31.6 Å². The number of carbonyl (C=O) groups excluding carboxylic acids is 1. The highest BCUT2D eigenvalue weighted by Crippen LogP contribution is 2.55. The third-order valence-corrected chi connectivity index (χ3v) is 18.3. The first-order valence-electron chi connectivity index (χ1n) is 20.3. The monoisotopic (exact) mass is 976 g/mol. The van der Waals surface area contributed by atoms with E-state index in [2.05, 4.69) is 30.1 Å². The number of phenolic OH excluding ortho intramolecular Hbond substituents is 1. The van der Waals surface area contributed by atoms with Gasteiger partial charge in [0.15, 0.2) is 0 Å². The van der Waals surface area contributed by atoms with Crippen LogP contribution in [-0.4, -0.2) is 56.3 Å². The molecule has 0 spiro atoms. The molecular formula is C47H42F2N2O9S5. The minimum atomic E-state index is -5.50. The summed E-state index contributed by atoms with van der Waals surface area (Å²) in [5.74, 6) is -3.14. The molecule has 0 fully saturated rings. The van der Waals surface area contributed by atoms with Gasteiger partial charge in [-0.3, -0.25) is 13.9 Å². The van der Waals surface area contributed by atoms with Crippen molar-refractivity contribution in [3.05, 3.63) is 121 Å². The number of hydrogen-bond acceptors (Lipinski definition) is 11. The highest BCUT2D eigenvalue weighted by atomic mass is 32.3. The Labute approximate surface area is 386 Å². The van der Waals surface area contributed by atoms with Crippen LogP contribution in [-0.2, 0) is 42.4 Å². The fourth-order valence-corrected chi connectivity index (χ4v) is 13.7. The summed E-state index contributed by atoms with van der Waals surface area (Å²) in [5, 5.41) is 13.1. The van der Waals surface area contributed by atoms with Gasteiger partial charge in [0.2, 0.25) is 5.91 Å². The van der Waals surface area contributed by atoms with E-state index in [0.717, 1.165) is 43.5 Å². The number of hydrogen-bond donors (Lipinski definition) is 4. The normalized spacial score (nSPS) is 15.6. The van der Waals surface area contributed by atoms with Gasteiger partial charge in [-0.15, -0.1) is 34.4 Å². The summed E-state index contributed by atoms with van der Waals surface area (Å²) in [4.78, 5) is 15.9. The number of phenols is 1. The van der Waals surface area contributed by atoms with Gasteiger partial charge >= 0.3 is 10.1 Å². The molecule has 18 heteroatoms. The van der Waals surface area contributed by atoms with E-state index < -0.39 is 64.1 Å². The molecule has 2 aliphatic heterocycles. The van der Waals surface area contributed by atoms with Gasteiger partial charge in [0.1, 0.15) is 38.0 Å². The highest BCUT2D eigenvalue weighted by molar-refractivity contribution is 8.00. The number of nitrogens with zero attached hydrogens (tertiary/aromatic N) is 1. The predicted molar refractivity (Wildman–Crippen MR) is 250 cm³/mol. The Morgan fingerprint density at radius 3 is 2.20 bits per heavy atom. The molecule has 1 amide bonds. The lowest BCUT2D eigenvalue weighted by Gasteiger charge is -2.43. The fourth-order valence-electron chi connectivity index (χ4n) is 8.92. The number of ether oxygens (including phenoxy) is 1. The van der Waals surface area contributed by atoms with Crippen molar-refractivity contribution < 1.29 is 49.4 Å². The van der Waals surface area contributed by atoms with Crippen LogP contribution in [0, 0.1) is 18.6 Å². The van der Waals surface area contributed by atoms with Crippen LogP contribution in [0.3, 0.4) is 0 Å². The molecule has 11 nitrogen and oxygen atoms in total. The van der Waals surface area contributed by atoms with Gasteiger partial charge in [-0.05, 0) is 105 Å². The number of rotatable bonds is 9. The maximum atomic E-state index is 17.7. The zero-order valence-electron chi connectivity index (χ0n) is 36.0. The van der Waals surface area contributed by atoms with Crippen LogP contribution in [0.4, 0.5) is 14.5 Å². The second-order valence-electron chi connectivity index (χ2n) is 17.4. The number of aryl methyl sites for hydroxylation is 1. The number of benzene rings is 4. The van der Waals surface area contributed by atoms with E-state index >= 15 is 8.78 Å². The van der Waals surface area contributed by atoms with E-state index in [-0.39, 0.29) is 50.1 Å². The SMILES string of the molecule is CC1=c2cc3c(cc2-c2sc(S(=O)(=O)O)cc2C1(C)C)=C(c1c(F)c(SCC(=O)NCCc2ccc(O)cc2)cc(F)c1S(=O)(=O)O)c1cc2c(cc1O3)N(C)C(C)(C)c1cc(C)sc1-2. The summed E-state index contributed by atoms with van der Waals surface area (Å²) in [5.41, 5.74) is 3.26. The third-order valence-electron chi connectivity index (χ3n) is 12.8. The lowest BCUT2D eigenvalue weighted by atomic mass is 9.73. The molecule has 65 heavy (non-hydrogen) atoms. The van der Waals surface area contributed by atoms with Crippen molar-refractivity contribution in [2.45, 2.75) is 72.9 Å². The van der Waals surface area contributed by atoms with Crippen LogP contribution in [0.25, 0.3) is 32.0 Å². The quantitative estimate of drug-likeness (QED) is 0.0805. The molecule has 4 N–H and O–H groups in total. The number of nitrogens with one attached hydrogen (secondary N) is 1. The van der Waals surface area contributed by atoms with Crippen molar-refractivity contribution >= 4 is 77.4 Å². The maximum Gasteiger partial charge on any atom is 0.304 e. The standard InChI is InChI=1S/C47H42F2N2O9S5/c1-22-14-32-44(62-22)28-16-30-36(20-34(28)51(7)47(32,5)6)60-35-17-26-23(2)46(3,4)31-18-39(64(54,55)56)63-43(31)27(26)15-29(35)40(30)41-42(49)37(19-33(48)45(41)65(57,58)59)61-21-38(53)50-13-12-24-8-10-25(52)11-9-24/h8-11,14-20,52H,12-13,21H2,1-7H3,(H,50,53)(H,54,55,56)(H,57,58,59). The fraction of sp³-hybridized carbons (Fsp3) is 0.255. The van der Waals surface area contributed by atoms with Crippen molar-refractivity contribution in [1.82, 2.24) is 5.32 Å². The van der Waals surface area contributed by atoms with E-state index in [1.807, 2.05) is 34.7 Å². The Bertz CT molecular complexity index is 3430. The summed E-state index contributed by atoms with van der Waals surface area (Å²) in [7, 11) is -8.20. The van der Waals surface area contributed by atoms with Crippen molar-refractivity contribution in [2.24, 2.45) is 0 Å². The Morgan fingerprint density at radius 1 is 0.831 bits per heavy atom. The van der Waals surface area contributed by atoms with Gasteiger partial charge < -0.3 is 20.1 Å². The molecule has 1 aliphatic carbocycles. The molecule has 338 valence electrons. The summed E-state index contributed by atoms with van der Waals surface area (Å²) in [6, 6.07) is 17.5. The Balaban J connectivity index is 1.30. The first-order valence-corrected chi connectivity index (χ1v) is 25.8. The number of fused-ring (bicyclic) bond motifs is 8. The van der Waals surface area contributed by atoms with E-state index in [1.165, 1.54) is 18.2 Å². The summed E-state index contributed by atoms with van der Waals surface area (Å²) >= 11 is 3.03. The second-order valence-corrected chi connectivity index (χ2v) is 23.7. The van der Waals surface area contributed by atoms with Crippen LogP contribution >= 0.6 is 34.4 Å². The molecule has 4 aromatic carbocycles. The van der Waals surface area contributed by atoms with E-state index in [4.69, 9.17) is 4.74 Å². The molecule has 0 atom stereocenters. The number of halogens is 2. The summed E-state index contributed by atoms with van der Waals surface area (Å²) < 4.78 is 113. The van der Waals surface area contributed by atoms with Crippen molar-refractivity contribution in [1.29, 1.82) is 0 Å². The number of carbonyl (C=O) groups is 1. The van der Waals surface area contributed by atoms with Gasteiger partial charge in [0.25, 0.3) is 10.1 Å². The predicted octanol–water partition coefficient (Wildman–Crippen LogP) is 8.88. The maximum absolute atomic E-state index is 17.7. The molecule has 9 rings (SSSR count). The molecule has 0 radical (unpaired) electrons. The molecule has 4 heterocycles. The minimum absolute atomic E-state index is 0.0966. The average molecular weight is 977 g/mol. The zero-order chi connectivity index (χ0) is 46.9. The zero-order valence-corrected chi connectivity index (χ0v) is 40.1. The van der Waals surface area contributed by atoms with Gasteiger partial charge in [-0.2, -0.15) is 16.8 Å². The lowest BCUT2D eigenvalue weighted by molar-refractivity contribution is -0.118. The first-order chi connectivity index (χ1) is 30.4. The van der Waals surface area contributed by atoms with Crippen LogP contribution in [0.5, 0.6) is 17.2 Å². The summed E-state index contributed by atoms with van der Waals surface area (Å²) in [6.07, 6.45) is 0.429. The van der Waals surface area contributed by atoms with E-state index in [1.54, 1.807) is 47.7 Å². The van der Waals surface area contributed by atoms with E-state index in [9.17, 15) is 35.8 Å². The van der Waals surface area contributed by atoms with Crippen LogP contribution in [0.2, 0.25) is 0 Å². The molecule has 2 aromatic heterocycles. The van der Waals surface area contributed by atoms with Gasteiger partial charge in [0.05, 0.1) is 11.3 Å². The molecule has 0 unspecified atom stereocenters. The van der Waals surface area contributed by atoms with Crippen molar-refractivity contribution in [2.75, 3.05) is 24.2 Å². The molecule has 0 bridgehead atoms. The number of thioether (sulfide) groups is 1. The Morgan fingerprint density at radius 2 is 1.52 bits per heavy atom. The number of aromatic hydroxyl groups is 1. The second kappa shape index (κ2) is 15.5. The van der Waals surface area contributed by atoms with Gasteiger partial charge in [0, 0.05) is 83.3 Å². The topological polar surface area (TPSA) is 171 Å². The number of amides is 1. The van der Waals surface area contributed by atoms with Crippen LogP contribution in [0.1, 0.15) is 67.3 Å². The molecular weight excluding hydrogens is 935 g/mol. The largest absolute Gasteiger partial charge is 0.508 e. The minimum Gasteiger partial charge on any atom is -0.508 e. The Hall–Kier alpha value is -5.08. The smallest absolute Gasteiger partial charge is 0.304 e. The van der Waals surface area contributed by atoms with Gasteiger partial charge in [-0.25, -0.2) is 8.78 Å². The number of thiophene rings is 2. The van der Waals surface area contributed by atoms with Crippen molar-refractivity contribution in [3.63, 3.8) is 0 Å². The number of anilines is 1. The lowest BCUT2D eigenvalue weighted by Crippen LogP contribution is -2.41. The highest BCUT2D eigenvalue weighted by Gasteiger charge is 2.41. The molecule has 0 saturated heterocycles. The Kier molecular flexibility index (Phi) is 10.8. The van der Waals surface area contributed by atoms with E-state index in [0.29, 0.717) is 51.0 Å². The first kappa shape index (κ1) is 45.1. The molecule has 0 saturated carbocycles. The molecule has 6 aromatic rings. The molecule has 3 aliphatic rings. The average Bonchev–Trinajstić information content (AvgIpc) is 3.87. The third kappa shape index (κ3) is 7.46.